The van der Waals surface area contributed by atoms with Gasteiger partial charge in [0.05, 0.1) is 23.6 Å². The number of nitrogens with zero attached hydrogens (tertiary/aromatic N) is 4. The third-order valence-corrected chi connectivity index (χ3v) is 4.45. The number of aliphatic imine (C=N–C) groups is 1. The van der Waals surface area contributed by atoms with Crippen molar-refractivity contribution in [2.75, 3.05) is 13.2 Å². The molecule has 0 radical (unpaired) electrons. The Morgan fingerprint density at radius 1 is 1.45 bits per heavy atom. The highest BCUT2D eigenvalue weighted by Gasteiger charge is 2.47. The van der Waals surface area contributed by atoms with Crippen LogP contribution in [0.1, 0.15) is 27.4 Å². The summed E-state index contributed by atoms with van der Waals surface area (Å²) in [4.78, 5) is 24.0. The molecule has 2 aromatic rings. The first-order valence-corrected chi connectivity index (χ1v) is 8.59. The largest absolute Gasteiger partial charge is 0.385 e. The quantitative estimate of drug-likeness (QED) is 0.738. The monoisotopic (exact) mass is 423 g/mol. The van der Waals surface area contributed by atoms with Gasteiger partial charge in [-0.2, -0.15) is 5.26 Å². The predicted molar refractivity (Wildman–Crippen MR) is 96.3 cm³/mol. The van der Waals surface area contributed by atoms with E-state index in [0.717, 1.165) is 6.07 Å². The number of carbonyl (C=O) groups is 1. The van der Waals surface area contributed by atoms with Gasteiger partial charge in [0.25, 0.3) is 6.43 Å². The van der Waals surface area contributed by atoms with Gasteiger partial charge in [-0.3, -0.25) is 14.8 Å². The van der Waals surface area contributed by atoms with Gasteiger partial charge in [-0.15, -0.1) is 0 Å². The number of Topliss-reactive ketones (excluding diaryl/α,β-unsaturated/α-hetero) is 1. The van der Waals surface area contributed by atoms with Gasteiger partial charge in [0.2, 0.25) is 0 Å². The van der Waals surface area contributed by atoms with Gasteiger partial charge >= 0.3 is 0 Å². The molecule has 1 aliphatic rings. The Labute approximate surface area is 168 Å². The third kappa shape index (κ3) is 4.06. The summed E-state index contributed by atoms with van der Waals surface area (Å²) in [6, 6.07) is 5.21. The normalized spacial score (nSPS) is 19.0. The maximum atomic E-state index is 14.4. The molecule has 7 nitrogen and oxygen atoms in total. The van der Waals surface area contributed by atoms with E-state index in [1.807, 2.05) is 6.07 Å². The van der Waals surface area contributed by atoms with Gasteiger partial charge in [0.15, 0.2) is 11.3 Å². The first-order valence-electron chi connectivity index (χ1n) is 8.21. The number of rotatable bonds is 5. The second-order valence-corrected chi connectivity index (χ2v) is 6.63. The summed E-state index contributed by atoms with van der Waals surface area (Å²) >= 11 is 5.97. The number of halogens is 4. The standard InChI is InChI=1S/C18H13ClF3N5O2/c19-11-3-9(5-23)6-25-15(11)13(28)4-10-1-2-12(20)16(26-10)18(17(21)22)8-29-7-14(24)27-18/h1-3,6,17H,4,7-8H2,(H2,24,27)/t18-/m0/s1. The van der Waals surface area contributed by atoms with Crippen molar-refractivity contribution in [1.29, 1.82) is 5.26 Å². The van der Waals surface area contributed by atoms with Crippen molar-refractivity contribution >= 4 is 23.2 Å². The lowest BCUT2D eigenvalue weighted by molar-refractivity contribution is -0.0169. The van der Waals surface area contributed by atoms with E-state index in [2.05, 4.69) is 15.0 Å². The summed E-state index contributed by atoms with van der Waals surface area (Å²) in [6.45, 7) is -0.771. The Morgan fingerprint density at radius 3 is 2.83 bits per heavy atom. The molecule has 2 N–H and O–H groups in total. The van der Waals surface area contributed by atoms with Crippen LogP contribution in [0.25, 0.3) is 0 Å². The second kappa shape index (κ2) is 8.14. The molecule has 0 saturated carbocycles. The van der Waals surface area contributed by atoms with E-state index in [9.17, 15) is 18.0 Å². The lowest BCUT2D eigenvalue weighted by atomic mass is 9.94. The number of nitriles is 1. The van der Waals surface area contributed by atoms with Crippen LogP contribution in [0, 0.1) is 17.1 Å². The Balaban J connectivity index is 1.96. The lowest BCUT2D eigenvalue weighted by Gasteiger charge is -2.32. The highest BCUT2D eigenvalue weighted by Crippen LogP contribution is 2.35. The molecule has 0 aliphatic carbocycles. The number of alkyl halides is 2. The number of aromatic nitrogens is 2. The SMILES string of the molecule is N#Cc1cnc(C(=O)Cc2ccc(F)c([C@]3(C(F)F)COCC(N)=N3)n2)c(Cl)c1. The minimum absolute atomic E-state index is 0.00740. The molecule has 3 rings (SSSR count). The van der Waals surface area contributed by atoms with E-state index in [-0.39, 0.29) is 40.8 Å². The summed E-state index contributed by atoms with van der Waals surface area (Å²) in [5, 5.41) is 8.78. The van der Waals surface area contributed by atoms with Crippen LogP contribution in [0.3, 0.4) is 0 Å². The van der Waals surface area contributed by atoms with Crippen molar-refractivity contribution in [2.24, 2.45) is 10.7 Å². The molecule has 0 amide bonds. The van der Waals surface area contributed by atoms with Crippen LogP contribution in [0.5, 0.6) is 0 Å². The maximum absolute atomic E-state index is 14.4. The number of pyridine rings is 2. The van der Waals surface area contributed by atoms with Crippen LogP contribution in [0.2, 0.25) is 5.02 Å². The summed E-state index contributed by atoms with van der Waals surface area (Å²) in [7, 11) is 0. The van der Waals surface area contributed by atoms with E-state index in [4.69, 9.17) is 27.3 Å². The van der Waals surface area contributed by atoms with E-state index < -0.39 is 35.9 Å². The number of carbonyl (C=O) groups excluding carboxylic acids is 1. The molecule has 1 atom stereocenters. The van der Waals surface area contributed by atoms with Crippen LogP contribution < -0.4 is 5.73 Å². The van der Waals surface area contributed by atoms with Crippen molar-refractivity contribution in [2.45, 2.75) is 18.4 Å². The van der Waals surface area contributed by atoms with E-state index in [0.29, 0.717) is 0 Å². The van der Waals surface area contributed by atoms with E-state index >= 15 is 0 Å². The Hall–Kier alpha value is -3.03. The van der Waals surface area contributed by atoms with Gasteiger partial charge in [0.1, 0.15) is 35.7 Å². The van der Waals surface area contributed by atoms with Crippen molar-refractivity contribution < 1.29 is 22.7 Å². The molecular weight excluding hydrogens is 411 g/mol. The molecule has 11 heteroatoms. The molecule has 3 heterocycles. The Kier molecular flexibility index (Phi) is 5.81. The van der Waals surface area contributed by atoms with Crippen LogP contribution in [-0.4, -0.2) is 41.2 Å². The van der Waals surface area contributed by atoms with Crippen molar-refractivity contribution in [3.63, 3.8) is 0 Å². The number of ether oxygens (including phenoxy) is 1. The van der Waals surface area contributed by atoms with Crippen molar-refractivity contribution in [1.82, 2.24) is 9.97 Å². The molecule has 2 aromatic heterocycles. The first kappa shape index (κ1) is 20.7. The van der Waals surface area contributed by atoms with Gasteiger partial charge in [-0.25, -0.2) is 18.2 Å². The van der Waals surface area contributed by atoms with E-state index in [1.165, 1.54) is 18.3 Å². The molecule has 0 bridgehead atoms. The molecule has 0 saturated heterocycles. The average Bonchev–Trinajstić information content (AvgIpc) is 2.68. The topological polar surface area (TPSA) is 114 Å². The fraction of sp³-hybridized carbons (Fsp3) is 0.278. The molecule has 150 valence electrons. The number of ketones is 1. The van der Waals surface area contributed by atoms with E-state index in [1.54, 1.807) is 0 Å². The van der Waals surface area contributed by atoms with Crippen LogP contribution in [-0.2, 0) is 16.7 Å². The maximum Gasteiger partial charge on any atom is 0.271 e. The van der Waals surface area contributed by atoms with Gasteiger partial charge in [0, 0.05) is 11.9 Å². The lowest BCUT2D eigenvalue weighted by Crippen LogP contribution is -2.46. The second-order valence-electron chi connectivity index (χ2n) is 6.22. The number of amidine groups is 1. The predicted octanol–water partition coefficient (Wildman–Crippen LogP) is 2.41. The minimum atomic E-state index is -3.15. The van der Waals surface area contributed by atoms with Gasteiger partial charge < -0.3 is 10.5 Å². The highest BCUT2D eigenvalue weighted by atomic mass is 35.5. The number of nitrogens with two attached hydrogens (primary N) is 1. The molecule has 0 fully saturated rings. The Bertz CT molecular complexity index is 1040. The van der Waals surface area contributed by atoms with Gasteiger partial charge in [-0.05, 0) is 18.2 Å². The molecule has 29 heavy (non-hydrogen) atoms. The fourth-order valence-electron chi connectivity index (χ4n) is 2.81. The average molecular weight is 424 g/mol. The summed E-state index contributed by atoms with van der Waals surface area (Å²) in [5.74, 6) is -1.83. The zero-order chi connectivity index (χ0) is 21.2. The smallest absolute Gasteiger partial charge is 0.271 e. The van der Waals surface area contributed by atoms with Gasteiger partial charge in [-0.1, -0.05) is 11.6 Å². The molecule has 0 spiro atoms. The molecular formula is C18H13ClF3N5O2. The fourth-order valence-corrected chi connectivity index (χ4v) is 3.08. The molecule has 0 unspecified atom stereocenters. The number of hydrogen-bond donors (Lipinski definition) is 1. The van der Waals surface area contributed by atoms with Crippen LogP contribution in [0.15, 0.2) is 29.4 Å². The summed E-state index contributed by atoms with van der Waals surface area (Å²) in [6.07, 6.45) is -2.36. The zero-order valence-electron chi connectivity index (χ0n) is 14.7. The minimum Gasteiger partial charge on any atom is -0.385 e. The molecule has 0 aromatic carbocycles. The highest BCUT2D eigenvalue weighted by molar-refractivity contribution is 6.33. The van der Waals surface area contributed by atoms with Crippen molar-refractivity contribution in [3.05, 3.63) is 57.9 Å². The number of hydrogen-bond acceptors (Lipinski definition) is 7. The molecule has 1 aliphatic heterocycles. The summed E-state index contributed by atoms with van der Waals surface area (Å²) in [5.41, 5.74) is 2.49. The third-order valence-electron chi connectivity index (χ3n) is 4.17. The van der Waals surface area contributed by atoms with Crippen molar-refractivity contribution in [3.8, 4) is 6.07 Å². The zero-order valence-corrected chi connectivity index (χ0v) is 15.5. The first-order chi connectivity index (χ1) is 13.8. The van der Waals surface area contributed by atoms with Crippen LogP contribution >= 0.6 is 11.6 Å². The Morgan fingerprint density at radius 2 is 2.21 bits per heavy atom. The van der Waals surface area contributed by atoms with Crippen LogP contribution in [0.4, 0.5) is 13.2 Å². The summed E-state index contributed by atoms with van der Waals surface area (Å²) < 4.78 is 47.1.